The van der Waals surface area contributed by atoms with Crippen molar-refractivity contribution in [1.82, 2.24) is 0 Å². The van der Waals surface area contributed by atoms with Gasteiger partial charge in [-0.25, -0.2) is 0 Å². The van der Waals surface area contributed by atoms with E-state index in [1.54, 1.807) is 0 Å². The van der Waals surface area contributed by atoms with Gasteiger partial charge >= 0.3 is 7.12 Å². The monoisotopic (exact) mass is 348 g/mol. The van der Waals surface area contributed by atoms with E-state index in [1.165, 1.54) is 5.56 Å². The van der Waals surface area contributed by atoms with Gasteiger partial charge in [-0.1, -0.05) is 30.3 Å². The molecule has 134 valence electrons. The van der Waals surface area contributed by atoms with Gasteiger partial charge in [-0.15, -0.1) is 0 Å². The van der Waals surface area contributed by atoms with Crippen LogP contribution in [-0.2, 0) is 20.2 Å². The summed E-state index contributed by atoms with van der Waals surface area (Å²) >= 11 is 0. The fourth-order valence-corrected chi connectivity index (χ4v) is 5.13. The first-order valence-electron chi connectivity index (χ1n) is 9.02. The maximum atomic E-state index is 6.23. The maximum absolute atomic E-state index is 6.23. The summed E-state index contributed by atoms with van der Waals surface area (Å²) in [5.41, 5.74) is 1.36. The molecule has 1 aromatic rings. The molecule has 2 rings (SSSR count). The van der Waals surface area contributed by atoms with Gasteiger partial charge in [0.2, 0.25) is 0 Å². The zero-order valence-corrected chi connectivity index (χ0v) is 17.4. The van der Waals surface area contributed by atoms with E-state index in [1.807, 2.05) is 7.11 Å². The Balaban J connectivity index is 2.05. The van der Waals surface area contributed by atoms with Crippen molar-refractivity contribution in [2.75, 3.05) is 7.11 Å². The molecule has 0 bridgehead atoms. The van der Waals surface area contributed by atoms with Crippen LogP contribution in [0.5, 0.6) is 0 Å². The van der Waals surface area contributed by atoms with Crippen molar-refractivity contribution in [3.63, 3.8) is 0 Å². The number of benzene rings is 1. The molecule has 0 amide bonds. The minimum absolute atomic E-state index is 0.141. The van der Waals surface area contributed by atoms with Crippen molar-refractivity contribution in [2.45, 2.75) is 76.7 Å². The molecule has 0 radical (unpaired) electrons. The molecule has 0 unspecified atom stereocenters. The molecule has 1 aromatic carbocycles. The fourth-order valence-electron chi connectivity index (χ4n) is 3.20. The molecule has 1 atom stereocenters. The third kappa shape index (κ3) is 4.51. The zero-order valence-electron chi connectivity index (χ0n) is 16.4. The summed E-state index contributed by atoms with van der Waals surface area (Å²) in [7, 11) is -0.0687. The molecule has 0 spiro atoms. The highest BCUT2D eigenvalue weighted by molar-refractivity contribution is 6.73. The van der Waals surface area contributed by atoms with Gasteiger partial charge in [0, 0.05) is 7.11 Å². The Hall–Kier alpha value is -0.618. The van der Waals surface area contributed by atoms with E-state index >= 15 is 0 Å². The Labute approximate surface area is 149 Å². The van der Waals surface area contributed by atoms with Gasteiger partial charge in [-0.2, -0.15) is 0 Å². The van der Waals surface area contributed by atoms with Crippen molar-refractivity contribution < 1.29 is 13.7 Å². The third-order valence-corrected chi connectivity index (χ3v) is 9.46. The third-order valence-electron chi connectivity index (χ3n) is 5.91. The van der Waals surface area contributed by atoms with Crippen LogP contribution in [0.3, 0.4) is 0 Å². The lowest BCUT2D eigenvalue weighted by atomic mass is 9.81. The summed E-state index contributed by atoms with van der Waals surface area (Å²) < 4.78 is 18.4. The van der Waals surface area contributed by atoms with Crippen molar-refractivity contribution in [3.05, 3.63) is 35.9 Å². The molecular weight excluding hydrogens is 315 g/mol. The fraction of sp³-hybridized carbons (Fsp3) is 0.684. The first-order valence-corrected chi connectivity index (χ1v) is 12.0. The van der Waals surface area contributed by atoms with Crippen molar-refractivity contribution in [2.24, 2.45) is 0 Å². The average molecular weight is 348 g/mol. The van der Waals surface area contributed by atoms with Crippen LogP contribution in [0.15, 0.2) is 30.3 Å². The molecule has 0 saturated carbocycles. The second-order valence-electron chi connectivity index (χ2n) is 8.45. The first kappa shape index (κ1) is 19.7. The molecule has 1 heterocycles. The SMILES string of the molecule is CO[Si](C)(C)[C@@H](CCc1ccccc1)CB1OC(C)(C)C(C)(C)O1. The first-order chi connectivity index (χ1) is 11.1. The van der Waals surface area contributed by atoms with E-state index in [-0.39, 0.29) is 18.3 Å². The van der Waals surface area contributed by atoms with Crippen molar-refractivity contribution in [3.8, 4) is 0 Å². The molecule has 5 heteroatoms. The van der Waals surface area contributed by atoms with Crippen LogP contribution in [0, 0.1) is 0 Å². The van der Waals surface area contributed by atoms with Crippen molar-refractivity contribution >= 4 is 15.4 Å². The maximum Gasteiger partial charge on any atom is 0.457 e. The van der Waals surface area contributed by atoms with E-state index in [2.05, 4.69) is 71.1 Å². The predicted octanol–water partition coefficient (Wildman–Crippen LogP) is 4.93. The Kier molecular flexibility index (Phi) is 6.01. The van der Waals surface area contributed by atoms with Gasteiger partial charge in [-0.05, 0) is 71.1 Å². The van der Waals surface area contributed by atoms with Gasteiger partial charge in [0.15, 0.2) is 8.32 Å². The lowest BCUT2D eigenvalue weighted by Crippen LogP contribution is -2.41. The summed E-state index contributed by atoms with van der Waals surface area (Å²) in [6, 6.07) is 10.7. The standard InChI is InChI=1S/C19H33BO3Si/c1-18(2)19(3,4)23-20(22-18)15-17(24(6,7)21-5)14-13-16-11-9-8-10-12-16/h8-12,17H,13-15H2,1-7H3/t17-/m0/s1. The Morgan fingerprint density at radius 2 is 1.58 bits per heavy atom. The molecule has 24 heavy (non-hydrogen) atoms. The summed E-state index contributed by atoms with van der Waals surface area (Å²) in [4.78, 5) is 0. The highest BCUT2D eigenvalue weighted by atomic mass is 28.4. The lowest BCUT2D eigenvalue weighted by Gasteiger charge is -2.32. The molecule has 1 fully saturated rings. The summed E-state index contributed by atoms with van der Waals surface area (Å²) in [5.74, 6) is 0. The Morgan fingerprint density at radius 3 is 2.08 bits per heavy atom. The summed E-state index contributed by atoms with van der Waals surface area (Å²) in [6.07, 6.45) is 3.10. The van der Waals surface area contributed by atoms with Gasteiger partial charge in [0.25, 0.3) is 0 Å². The molecule has 1 aliphatic rings. The summed E-state index contributed by atoms with van der Waals surface area (Å²) in [5, 5.41) is 0. The Bertz CT molecular complexity index is 515. The number of aryl methyl sites for hydroxylation is 1. The number of rotatable bonds is 7. The van der Waals surface area contributed by atoms with E-state index in [0.717, 1.165) is 19.2 Å². The van der Waals surface area contributed by atoms with Gasteiger partial charge < -0.3 is 13.7 Å². The van der Waals surface area contributed by atoms with Crippen molar-refractivity contribution in [1.29, 1.82) is 0 Å². The van der Waals surface area contributed by atoms with Crippen LogP contribution in [-0.4, -0.2) is 33.7 Å². The number of hydrogen-bond donors (Lipinski definition) is 0. The highest BCUT2D eigenvalue weighted by Gasteiger charge is 2.52. The highest BCUT2D eigenvalue weighted by Crippen LogP contribution is 2.42. The van der Waals surface area contributed by atoms with Gasteiger partial charge in [0.1, 0.15) is 0 Å². The molecule has 1 aliphatic heterocycles. The average Bonchev–Trinajstić information content (AvgIpc) is 2.71. The van der Waals surface area contributed by atoms with Crippen LogP contribution >= 0.6 is 0 Å². The van der Waals surface area contributed by atoms with E-state index in [4.69, 9.17) is 13.7 Å². The summed E-state index contributed by atoms with van der Waals surface area (Å²) in [6.45, 7) is 13.1. The second-order valence-corrected chi connectivity index (χ2v) is 12.9. The van der Waals surface area contributed by atoms with Crippen LogP contribution in [0.1, 0.15) is 39.7 Å². The van der Waals surface area contributed by atoms with Crippen LogP contribution in [0.4, 0.5) is 0 Å². The minimum Gasteiger partial charge on any atom is -0.420 e. The molecule has 1 saturated heterocycles. The molecule has 0 aliphatic carbocycles. The van der Waals surface area contributed by atoms with Crippen LogP contribution in [0.25, 0.3) is 0 Å². The topological polar surface area (TPSA) is 27.7 Å². The van der Waals surface area contributed by atoms with Crippen LogP contribution in [0.2, 0.25) is 25.0 Å². The second kappa shape index (κ2) is 7.32. The van der Waals surface area contributed by atoms with Gasteiger partial charge in [0.05, 0.1) is 11.2 Å². The largest absolute Gasteiger partial charge is 0.457 e. The molecule has 0 N–H and O–H groups in total. The molecule has 3 nitrogen and oxygen atoms in total. The predicted molar refractivity (Wildman–Crippen MR) is 104 cm³/mol. The van der Waals surface area contributed by atoms with Crippen LogP contribution < -0.4 is 0 Å². The number of hydrogen-bond acceptors (Lipinski definition) is 3. The Morgan fingerprint density at radius 1 is 1.04 bits per heavy atom. The van der Waals surface area contributed by atoms with E-state index in [0.29, 0.717) is 5.54 Å². The molecular formula is C19H33BO3Si. The van der Waals surface area contributed by atoms with Gasteiger partial charge in [-0.3, -0.25) is 0 Å². The molecule has 0 aromatic heterocycles. The smallest absolute Gasteiger partial charge is 0.420 e. The van der Waals surface area contributed by atoms with E-state index < -0.39 is 8.32 Å². The minimum atomic E-state index is -1.78. The lowest BCUT2D eigenvalue weighted by molar-refractivity contribution is 0.00578. The van der Waals surface area contributed by atoms with E-state index in [9.17, 15) is 0 Å². The zero-order chi connectivity index (χ0) is 18.0. The normalized spacial score (nSPS) is 21.0. The quantitative estimate of drug-likeness (QED) is 0.654.